The number of nitrogens with zero attached hydrogens (tertiary/aromatic N) is 5. The number of fused-ring (bicyclic) bond motifs is 1. The maximum atomic E-state index is 4.71. The van der Waals surface area contributed by atoms with Crippen molar-refractivity contribution in [3.05, 3.63) is 72.4 Å². The fourth-order valence-corrected chi connectivity index (χ4v) is 3.40. The van der Waals surface area contributed by atoms with E-state index in [4.69, 9.17) is 4.98 Å². The number of hydrogen-bond acceptors (Lipinski definition) is 3. The van der Waals surface area contributed by atoms with Gasteiger partial charge in [-0.2, -0.15) is 0 Å². The van der Waals surface area contributed by atoms with Crippen LogP contribution in [0.3, 0.4) is 0 Å². The monoisotopic (exact) mass is 387 g/mol. The number of rotatable bonds is 5. The number of aromatic nitrogens is 4. The van der Waals surface area contributed by atoms with Gasteiger partial charge in [-0.25, -0.2) is 9.97 Å². The summed E-state index contributed by atoms with van der Waals surface area (Å²) >= 11 is 0. The molecule has 2 aromatic carbocycles. The molecule has 4 rings (SSSR count). The Morgan fingerprint density at radius 1 is 1.14 bits per heavy atom. The van der Waals surface area contributed by atoms with Gasteiger partial charge in [0.25, 0.3) is 0 Å². The van der Waals surface area contributed by atoms with Crippen LogP contribution in [0.1, 0.15) is 11.6 Å². The van der Waals surface area contributed by atoms with Crippen LogP contribution in [-0.4, -0.2) is 44.5 Å². The first-order valence-electron chi connectivity index (χ1n) is 9.57. The van der Waals surface area contributed by atoms with Crippen molar-refractivity contribution in [2.45, 2.75) is 13.1 Å². The Morgan fingerprint density at radius 3 is 2.66 bits per heavy atom. The highest BCUT2D eigenvalue weighted by Crippen LogP contribution is 2.17. The Labute approximate surface area is 170 Å². The summed E-state index contributed by atoms with van der Waals surface area (Å²) in [6.07, 6.45) is 1.87. The summed E-state index contributed by atoms with van der Waals surface area (Å²) in [5.41, 5.74) is 4.26. The Hall–Kier alpha value is -3.61. The molecule has 0 aliphatic rings. The molecule has 0 aliphatic heterocycles. The lowest BCUT2D eigenvalue weighted by Gasteiger charge is -2.21. The number of hydrogen-bond donors (Lipinski definition) is 2. The summed E-state index contributed by atoms with van der Waals surface area (Å²) in [7, 11) is 5.81. The predicted octanol–water partition coefficient (Wildman–Crippen LogP) is 3.17. The van der Waals surface area contributed by atoms with E-state index in [-0.39, 0.29) is 0 Å². The van der Waals surface area contributed by atoms with Crippen molar-refractivity contribution in [1.82, 2.24) is 29.7 Å². The fourth-order valence-electron chi connectivity index (χ4n) is 3.40. The molecule has 0 saturated heterocycles. The second-order valence-corrected chi connectivity index (χ2v) is 6.94. The fraction of sp³-hybridized carbons (Fsp3) is 0.227. The molecule has 2 aromatic heterocycles. The molecule has 0 atom stereocenters. The molecule has 7 nitrogen and oxygen atoms in total. The smallest absolute Gasteiger partial charge is 0.194 e. The zero-order valence-electron chi connectivity index (χ0n) is 16.9. The van der Waals surface area contributed by atoms with E-state index in [9.17, 15) is 0 Å². The lowest BCUT2D eigenvalue weighted by Crippen LogP contribution is -2.38. The lowest BCUT2D eigenvalue weighted by molar-refractivity contribution is 0.462. The Bertz CT molecular complexity index is 1120. The van der Waals surface area contributed by atoms with Crippen LogP contribution in [0.25, 0.3) is 22.3 Å². The van der Waals surface area contributed by atoms with Crippen molar-refractivity contribution in [2.75, 3.05) is 14.1 Å². The van der Waals surface area contributed by atoms with Crippen LogP contribution in [0.5, 0.6) is 0 Å². The number of benzene rings is 2. The van der Waals surface area contributed by atoms with Gasteiger partial charge in [-0.3, -0.25) is 4.99 Å². The molecule has 29 heavy (non-hydrogen) atoms. The van der Waals surface area contributed by atoms with Crippen molar-refractivity contribution < 1.29 is 0 Å². The highest BCUT2D eigenvalue weighted by molar-refractivity contribution is 5.80. The van der Waals surface area contributed by atoms with Crippen LogP contribution < -0.4 is 5.32 Å². The maximum Gasteiger partial charge on any atom is 0.194 e. The van der Waals surface area contributed by atoms with Crippen LogP contribution in [0, 0.1) is 0 Å². The third kappa shape index (κ3) is 3.99. The van der Waals surface area contributed by atoms with Gasteiger partial charge in [0.05, 0.1) is 36.0 Å². The minimum Gasteiger partial charge on any atom is -0.349 e. The van der Waals surface area contributed by atoms with E-state index >= 15 is 0 Å². The lowest BCUT2D eigenvalue weighted by atomic mass is 10.2. The number of nitrogens with one attached hydrogen (secondary N) is 2. The summed E-state index contributed by atoms with van der Waals surface area (Å²) in [6, 6.07) is 18.3. The van der Waals surface area contributed by atoms with Gasteiger partial charge in [-0.15, -0.1) is 0 Å². The standard InChI is InChI=1S/C22H25N7/c1-23-22(25-14-21-27-17-11-7-8-12-19(17)29(21)3)28(2)15-20-24-13-18(26-20)16-9-5-4-6-10-16/h4-13H,14-15H2,1-3H3,(H,23,25)(H,24,26). The second kappa shape index (κ2) is 8.18. The zero-order chi connectivity index (χ0) is 20.2. The minimum absolute atomic E-state index is 0.593. The zero-order valence-corrected chi connectivity index (χ0v) is 16.9. The van der Waals surface area contributed by atoms with E-state index in [1.54, 1.807) is 7.05 Å². The second-order valence-electron chi connectivity index (χ2n) is 6.94. The normalized spacial score (nSPS) is 11.8. The van der Waals surface area contributed by atoms with Gasteiger partial charge < -0.3 is 19.8 Å². The van der Waals surface area contributed by atoms with E-state index in [2.05, 4.69) is 43.0 Å². The number of guanidine groups is 1. The largest absolute Gasteiger partial charge is 0.349 e. The van der Waals surface area contributed by atoms with Gasteiger partial charge in [-0.1, -0.05) is 42.5 Å². The molecule has 0 bridgehead atoms. The molecular weight excluding hydrogens is 362 g/mol. The molecule has 148 valence electrons. The number of imidazole rings is 2. The van der Waals surface area contributed by atoms with E-state index in [0.29, 0.717) is 13.1 Å². The van der Waals surface area contributed by atoms with Crippen LogP contribution in [0.2, 0.25) is 0 Å². The first kappa shape index (κ1) is 18.7. The first-order valence-corrected chi connectivity index (χ1v) is 9.57. The van der Waals surface area contributed by atoms with Crippen LogP contribution in [0.15, 0.2) is 65.8 Å². The predicted molar refractivity (Wildman–Crippen MR) is 116 cm³/mol. The highest BCUT2D eigenvalue weighted by atomic mass is 15.3. The van der Waals surface area contributed by atoms with Gasteiger partial charge in [-0.05, 0) is 17.7 Å². The summed E-state index contributed by atoms with van der Waals surface area (Å²) < 4.78 is 2.11. The molecule has 7 heteroatoms. The average Bonchev–Trinajstić information content (AvgIpc) is 3.34. The number of aliphatic imine (C=N–C) groups is 1. The molecule has 2 heterocycles. The Kier molecular flexibility index (Phi) is 5.29. The number of para-hydroxylation sites is 2. The highest BCUT2D eigenvalue weighted by Gasteiger charge is 2.12. The number of aryl methyl sites for hydroxylation is 1. The number of H-pyrrole nitrogens is 1. The van der Waals surface area contributed by atoms with Crippen LogP contribution >= 0.6 is 0 Å². The van der Waals surface area contributed by atoms with Crippen molar-refractivity contribution in [2.24, 2.45) is 12.0 Å². The molecule has 4 aromatic rings. The summed E-state index contributed by atoms with van der Waals surface area (Å²) in [6.45, 7) is 1.21. The van der Waals surface area contributed by atoms with Crippen molar-refractivity contribution >= 4 is 17.0 Å². The van der Waals surface area contributed by atoms with E-state index in [1.165, 1.54) is 0 Å². The topological polar surface area (TPSA) is 74.1 Å². The van der Waals surface area contributed by atoms with Gasteiger partial charge in [0.1, 0.15) is 11.6 Å². The van der Waals surface area contributed by atoms with Crippen molar-refractivity contribution in [3.63, 3.8) is 0 Å². The molecule has 0 aliphatic carbocycles. The minimum atomic E-state index is 0.593. The molecular formula is C22H25N7. The van der Waals surface area contributed by atoms with Crippen LogP contribution in [0.4, 0.5) is 0 Å². The maximum absolute atomic E-state index is 4.71. The van der Waals surface area contributed by atoms with E-state index in [0.717, 1.165) is 39.9 Å². The summed E-state index contributed by atoms with van der Waals surface area (Å²) in [5.74, 6) is 2.64. The molecule has 0 saturated carbocycles. The molecule has 0 radical (unpaired) electrons. The number of aromatic amines is 1. The Balaban J connectivity index is 1.41. The van der Waals surface area contributed by atoms with Gasteiger partial charge in [0, 0.05) is 21.1 Å². The van der Waals surface area contributed by atoms with E-state index < -0.39 is 0 Å². The van der Waals surface area contributed by atoms with Gasteiger partial charge in [0.15, 0.2) is 5.96 Å². The van der Waals surface area contributed by atoms with E-state index in [1.807, 2.05) is 61.6 Å². The first-order chi connectivity index (χ1) is 14.2. The third-order valence-corrected chi connectivity index (χ3v) is 4.96. The van der Waals surface area contributed by atoms with Crippen molar-refractivity contribution in [3.8, 4) is 11.3 Å². The van der Waals surface area contributed by atoms with Gasteiger partial charge in [0.2, 0.25) is 0 Å². The molecule has 2 N–H and O–H groups in total. The third-order valence-electron chi connectivity index (χ3n) is 4.96. The molecule has 0 fully saturated rings. The quantitative estimate of drug-likeness (QED) is 0.407. The van der Waals surface area contributed by atoms with Crippen molar-refractivity contribution in [1.29, 1.82) is 0 Å². The molecule has 0 unspecified atom stereocenters. The average molecular weight is 387 g/mol. The molecule has 0 spiro atoms. The summed E-state index contributed by atoms with van der Waals surface area (Å²) in [4.78, 5) is 19.0. The SMILES string of the molecule is CN=C(NCc1nc2ccccc2n1C)N(C)Cc1ncc(-c2ccccc2)[nH]1. The van der Waals surface area contributed by atoms with Gasteiger partial charge >= 0.3 is 0 Å². The molecule has 0 amide bonds. The summed E-state index contributed by atoms with van der Waals surface area (Å²) in [5, 5.41) is 3.40. The Morgan fingerprint density at radius 2 is 1.90 bits per heavy atom. The van der Waals surface area contributed by atoms with Crippen LogP contribution in [-0.2, 0) is 20.1 Å².